The van der Waals surface area contributed by atoms with Gasteiger partial charge in [-0.05, 0) is 70.0 Å². The van der Waals surface area contributed by atoms with Crippen LogP contribution in [0.1, 0.15) is 42.3 Å². The molecule has 0 unspecified atom stereocenters. The molecule has 0 saturated carbocycles. The molecule has 0 bridgehead atoms. The van der Waals surface area contributed by atoms with Crippen molar-refractivity contribution in [2.45, 2.75) is 40.2 Å². The van der Waals surface area contributed by atoms with E-state index in [1.807, 2.05) is 26.0 Å². The van der Waals surface area contributed by atoms with Crippen LogP contribution in [0, 0.1) is 13.8 Å². The maximum absolute atomic E-state index is 12.2. The average molecular weight is 398 g/mol. The highest BCUT2D eigenvalue weighted by Gasteiger charge is 2.17. The van der Waals surface area contributed by atoms with Crippen molar-refractivity contribution in [3.63, 3.8) is 0 Å². The molecule has 0 heterocycles. The normalized spacial score (nSPS) is 10.8. The molecule has 2 rings (SSSR count). The molecule has 0 aliphatic rings. The number of hydrogen-bond acceptors (Lipinski definition) is 5. The van der Waals surface area contributed by atoms with Gasteiger partial charge >= 0.3 is 12.1 Å². The summed E-state index contributed by atoms with van der Waals surface area (Å²) in [4.78, 5) is 36.2. The third-order valence-corrected chi connectivity index (χ3v) is 3.96. The third-order valence-electron chi connectivity index (χ3n) is 3.96. The summed E-state index contributed by atoms with van der Waals surface area (Å²) in [6, 6.07) is 11.8. The quantitative estimate of drug-likeness (QED) is 0.726. The molecule has 0 aliphatic heterocycles. The van der Waals surface area contributed by atoms with E-state index in [0.29, 0.717) is 11.4 Å². The molecule has 0 saturated heterocycles. The molecule has 7 nitrogen and oxygen atoms in total. The Kier molecular flexibility index (Phi) is 6.98. The van der Waals surface area contributed by atoms with E-state index in [9.17, 15) is 14.4 Å². The van der Waals surface area contributed by atoms with E-state index in [4.69, 9.17) is 9.47 Å². The van der Waals surface area contributed by atoms with Gasteiger partial charge in [-0.1, -0.05) is 18.2 Å². The first-order valence-corrected chi connectivity index (χ1v) is 9.18. The van der Waals surface area contributed by atoms with Gasteiger partial charge in [0.2, 0.25) is 0 Å². The minimum atomic E-state index is -0.672. The standard InChI is InChI=1S/C22H26N2O5/c1-14-8-6-11-18(15(14)2)24-19(25)13-28-20(26)16-9-7-10-17(12-16)23-21(27)29-22(3,4)5/h6-12H,13H2,1-5H3,(H,23,27)(H,24,25). The minimum Gasteiger partial charge on any atom is -0.452 e. The van der Waals surface area contributed by atoms with Crippen LogP contribution in [0.4, 0.5) is 16.2 Å². The van der Waals surface area contributed by atoms with Crippen molar-refractivity contribution >= 4 is 29.3 Å². The lowest BCUT2D eigenvalue weighted by Crippen LogP contribution is -2.27. The van der Waals surface area contributed by atoms with Crippen LogP contribution in [0.5, 0.6) is 0 Å². The van der Waals surface area contributed by atoms with Crippen molar-refractivity contribution in [3.8, 4) is 0 Å². The topological polar surface area (TPSA) is 93.7 Å². The molecule has 0 atom stereocenters. The molecule has 2 N–H and O–H groups in total. The molecule has 2 amide bonds. The Morgan fingerprint density at radius 3 is 2.34 bits per heavy atom. The highest BCUT2D eigenvalue weighted by molar-refractivity contribution is 5.97. The van der Waals surface area contributed by atoms with Gasteiger partial charge in [0.05, 0.1) is 5.56 Å². The number of amides is 2. The van der Waals surface area contributed by atoms with Gasteiger partial charge in [0.25, 0.3) is 5.91 Å². The smallest absolute Gasteiger partial charge is 0.412 e. The predicted octanol–water partition coefficient (Wildman–Crippen LogP) is 4.45. The lowest BCUT2D eigenvalue weighted by Gasteiger charge is -2.19. The largest absolute Gasteiger partial charge is 0.452 e. The van der Waals surface area contributed by atoms with Crippen LogP contribution in [0.15, 0.2) is 42.5 Å². The maximum Gasteiger partial charge on any atom is 0.412 e. The number of carbonyl (C=O) groups is 3. The Morgan fingerprint density at radius 2 is 1.66 bits per heavy atom. The van der Waals surface area contributed by atoms with Crippen LogP contribution in [0.3, 0.4) is 0 Å². The first-order valence-electron chi connectivity index (χ1n) is 9.18. The van der Waals surface area contributed by atoms with Crippen molar-refractivity contribution in [2.24, 2.45) is 0 Å². The molecular formula is C22H26N2O5. The predicted molar refractivity (Wildman–Crippen MR) is 111 cm³/mol. The van der Waals surface area contributed by atoms with Crippen molar-refractivity contribution in [3.05, 3.63) is 59.2 Å². The zero-order valence-corrected chi connectivity index (χ0v) is 17.3. The van der Waals surface area contributed by atoms with Crippen molar-refractivity contribution in [1.29, 1.82) is 0 Å². The zero-order chi connectivity index (χ0) is 21.6. The average Bonchev–Trinajstić information content (AvgIpc) is 2.62. The summed E-state index contributed by atoms with van der Waals surface area (Å²) >= 11 is 0. The van der Waals surface area contributed by atoms with E-state index in [1.165, 1.54) is 12.1 Å². The van der Waals surface area contributed by atoms with E-state index in [2.05, 4.69) is 10.6 Å². The molecule has 2 aromatic rings. The number of esters is 1. The molecule has 2 aromatic carbocycles. The fraction of sp³-hybridized carbons (Fsp3) is 0.318. The fourth-order valence-electron chi connectivity index (χ4n) is 2.43. The van der Waals surface area contributed by atoms with E-state index in [0.717, 1.165) is 11.1 Å². The van der Waals surface area contributed by atoms with E-state index < -0.39 is 30.2 Å². The summed E-state index contributed by atoms with van der Waals surface area (Å²) in [5.41, 5.74) is 2.63. The number of carbonyl (C=O) groups excluding carboxylic acids is 3. The molecule has 0 aromatic heterocycles. The van der Waals surface area contributed by atoms with Crippen LogP contribution in [0.25, 0.3) is 0 Å². The molecule has 7 heteroatoms. The van der Waals surface area contributed by atoms with Gasteiger partial charge in [0, 0.05) is 11.4 Å². The van der Waals surface area contributed by atoms with Crippen molar-refractivity contribution in [1.82, 2.24) is 0 Å². The van der Waals surface area contributed by atoms with E-state index >= 15 is 0 Å². The van der Waals surface area contributed by atoms with Gasteiger partial charge in [0.1, 0.15) is 5.60 Å². The van der Waals surface area contributed by atoms with Crippen molar-refractivity contribution < 1.29 is 23.9 Å². The van der Waals surface area contributed by atoms with E-state index in [1.54, 1.807) is 39.0 Å². The first-order chi connectivity index (χ1) is 13.5. The Labute approximate surface area is 170 Å². The summed E-state index contributed by atoms with van der Waals surface area (Å²) < 4.78 is 10.3. The molecule has 0 fully saturated rings. The van der Waals surface area contributed by atoms with Crippen molar-refractivity contribution in [2.75, 3.05) is 17.2 Å². The van der Waals surface area contributed by atoms with Gasteiger partial charge < -0.3 is 14.8 Å². The SMILES string of the molecule is Cc1cccc(NC(=O)COC(=O)c2cccc(NC(=O)OC(C)(C)C)c2)c1C. The fourth-order valence-corrected chi connectivity index (χ4v) is 2.43. The highest BCUT2D eigenvalue weighted by atomic mass is 16.6. The molecular weight excluding hydrogens is 372 g/mol. The zero-order valence-electron chi connectivity index (χ0n) is 17.3. The lowest BCUT2D eigenvalue weighted by atomic mass is 10.1. The third kappa shape index (κ3) is 6.95. The van der Waals surface area contributed by atoms with Gasteiger partial charge in [-0.3, -0.25) is 10.1 Å². The molecule has 0 aliphatic carbocycles. The Bertz CT molecular complexity index is 916. The second kappa shape index (κ2) is 9.23. The van der Waals surface area contributed by atoms with Gasteiger partial charge in [0.15, 0.2) is 6.61 Å². The van der Waals surface area contributed by atoms with Crippen LogP contribution in [-0.2, 0) is 14.3 Å². The molecule has 0 spiro atoms. The summed E-state index contributed by atoms with van der Waals surface area (Å²) in [5, 5.41) is 5.28. The second-order valence-corrected chi connectivity index (χ2v) is 7.58. The Morgan fingerprint density at radius 1 is 0.966 bits per heavy atom. The van der Waals surface area contributed by atoms with Crippen LogP contribution < -0.4 is 10.6 Å². The number of aryl methyl sites for hydroxylation is 1. The lowest BCUT2D eigenvalue weighted by molar-refractivity contribution is -0.119. The Hall–Kier alpha value is -3.35. The van der Waals surface area contributed by atoms with E-state index in [-0.39, 0.29) is 5.56 Å². The number of anilines is 2. The van der Waals surface area contributed by atoms with Gasteiger partial charge in [-0.15, -0.1) is 0 Å². The minimum absolute atomic E-state index is 0.207. The highest BCUT2D eigenvalue weighted by Crippen LogP contribution is 2.18. The first kappa shape index (κ1) is 21.9. The summed E-state index contributed by atoms with van der Waals surface area (Å²) in [6.07, 6.45) is -0.629. The summed E-state index contributed by atoms with van der Waals surface area (Å²) in [5.74, 6) is -1.11. The van der Waals surface area contributed by atoms with Crippen LogP contribution in [-0.4, -0.2) is 30.2 Å². The van der Waals surface area contributed by atoms with Crippen LogP contribution >= 0.6 is 0 Å². The number of hydrogen-bond donors (Lipinski definition) is 2. The monoisotopic (exact) mass is 398 g/mol. The molecule has 0 radical (unpaired) electrons. The second-order valence-electron chi connectivity index (χ2n) is 7.58. The molecule has 154 valence electrons. The molecule has 29 heavy (non-hydrogen) atoms. The number of benzene rings is 2. The number of ether oxygens (including phenoxy) is 2. The summed E-state index contributed by atoms with van der Waals surface area (Å²) in [7, 11) is 0. The van der Waals surface area contributed by atoms with Gasteiger partial charge in [-0.25, -0.2) is 9.59 Å². The number of rotatable bonds is 5. The van der Waals surface area contributed by atoms with Crippen LogP contribution in [0.2, 0.25) is 0 Å². The maximum atomic E-state index is 12.2. The Balaban J connectivity index is 1.93. The van der Waals surface area contributed by atoms with Gasteiger partial charge in [-0.2, -0.15) is 0 Å². The number of nitrogens with one attached hydrogen (secondary N) is 2. The summed E-state index contributed by atoms with van der Waals surface area (Å²) in [6.45, 7) is 8.69.